The summed E-state index contributed by atoms with van der Waals surface area (Å²) in [4.78, 5) is 0.345. The van der Waals surface area contributed by atoms with E-state index in [-0.39, 0.29) is 16.6 Å². The summed E-state index contributed by atoms with van der Waals surface area (Å²) in [6.07, 6.45) is 5.38. The van der Waals surface area contributed by atoms with E-state index in [1.54, 1.807) is 28.6 Å². The Balaban J connectivity index is 1.42. The highest BCUT2D eigenvalue weighted by Crippen LogP contribution is 2.45. The first-order chi connectivity index (χ1) is 16.0. The van der Waals surface area contributed by atoms with Crippen LogP contribution in [0.4, 0.5) is 4.39 Å². The minimum absolute atomic E-state index is 0.0290. The Hall–Kier alpha value is -2.77. The Kier molecular flexibility index (Phi) is 5.33. The summed E-state index contributed by atoms with van der Waals surface area (Å²) in [7, 11) is -3.58. The first-order valence-corrected chi connectivity index (χ1v) is 13.1. The van der Waals surface area contributed by atoms with Crippen LogP contribution in [0.25, 0.3) is 11.8 Å². The van der Waals surface area contributed by atoms with Crippen molar-refractivity contribution < 1.29 is 12.8 Å². The number of hydrogen-bond donors (Lipinski definition) is 0. The number of benzene rings is 2. The molecule has 1 atom stereocenters. The molecule has 5 nitrogen and oxygen atoms in total. The zero-order valence-electron chi connectivity index (χ0n) is 20.0. The van der Waals surface area contributed by atoms with E-state index in [0.29, 0.717) is 30.8 Å². The molecular weight excluding hydrogens is 449 g/mol. The van der Waals surface area contributed by atoms with Gasteiger partial charge >= 0.3 is 0 Å². The van der Waals surface area contributed by atoms with E-state index >= 15 is 0 Å². The molecule has 0 saturated carbocycles. The third-order valence-corrected chi connectivity index (χ3v) is 9.00. The molecule has 2 heterocycles. The lowest BCUT2D eigenvalue weighted by Gasteiger charge is -2.43. The molecule has 3 aromatic rings. The van der Waals surface area contributed by atoms with Gasteiger partial charge in [0.25, 0.3) is 0 Å². The molecule has 0 amide bonds. The van der Waals surface area contributed by atoms with E-state index in [9.17, 15) is 12.8 Å². The Morgan fingerprint density at radius 1 is 1.03 bits per heavy atom. The molecule has 0 radical (unpaired) electrons. The Labute approximate surface area is 201 Å². The molecule has 5 rings (SSSR count). The summed E-state index contributed by atoms with van der Waals surface area (Å²) in [5.41, 5.74) is 4.90. The van der Waals surface area contributed by atoms with Crippen LogP contribution < -0.4 is 0 Å². The highest BCUT2D eigenvalue weighted by molar-refractivity contribution is 7.89. The van der Waals surface area contributed by atoms with E-state index < -0.39 is 10.0 Å². The van der Waals surface area contributed by atoms with Crippen molar-refractivity contribution in [3.63, 3.8) is 0 Å². The summed E-state index contributed by atoms with van der Waals surface area (Å²) in [6.45, 7) is 9.37. The van der Waals surface area contributed by atoms with Gasteiger partial charge in [-0.05, 0) is 71.9 Å². The smallest absolute Gasteiger partial charge is 0.233 e. The fourth-order valence-corrected chi connectivity index (χ4v) is 6.63. The summed E-state index contributed by atoms with van der Waals surface area (Å²) in [5, 5.41) is 4.55. The molecule has 7 heteroatoms. The lowest BCUT2D eigenvalue weighted by atomic mass is 9.70. The monoisotopic (exact) mass is 479 g/mol. The molecule has 34 heavy (non-hydrogen) atoms. The molecule has 0 N–H and O–H groups in total. The van der Waals surface area contributed by atoms with Gasteiger partial charge in [-0.15, -0.1) is 0 Å². The van der Waals surface area contributed by atoms with Crippen molar-refractivity contribution in [2.45, 2.75) is 50.8 Å². The zero-order chi connectivity index (χ0) is 24.3. The number of piperidine rings is 1. The highest BCUT2D eigenvalue weighted by Gasteiger charge is 2.43. The first-order valence-electron chi connectivity index (χ1n) is 11.6. The Bertz CT molecular complexity index is 1370. The van der Waals surface area contributed by atoms with Crippen LogP contribution in [0.15, 0.2) is 65.2 Å². The van der Waals surface area contributed by atoms with Gasteiger partial charge in [-0.3, -0.25) is 0 Å². The van der Waals surface area contributed by atoms with Crippen LogP contribution in [0.1, 0.15) is 50.9 Å². The molecule has 1 unspecified atom stereocenters. The summed E-state index contributed by atoms with van der Waals surface area (Å²) in [5.74, 6) is -0.280. The summed E-state index contributed by atoms with van der Waals surface area (Å²) >= 11 is 0. The van der Waals surface area contributed by atoms with Gasteiger partial charge in [0, 0.05) is 18.5 Å². The molecule has 1 aliphatic carbocycles. The number of sulfonamides is 1. The molecule has 0 spiro atoms. The van der Waals surface area contributed by atoms with Gasteiger partial charge in [0.1, 0.15) is 5.82 Å². The van der Waals surface area contributed by atoms with Crippen LogP contribution in [-0.4, -0.2) is 35.6 Å². The predicted molar refractivity (Wildman–Crippen MR) is 132 cm³/mol. The maximum absolute atomic E-state index is 13.5. The van der Waals surface area contributed by atoms with Crippen LogP contribution in [0, 0.1) is 11.2 Å². The van der Waals surface area contributed by atoms with Crippen molar-refractivity contribution in [2.24, 2.45) is 5.41 Å². The minimum Gasteiger partial charge on any atom is -0.233 e. The molecule has 2 aliphatic rings. The second kappa shape index (κ2) is 7.89. The predicted octanol–water partition coefficient (Wildman–Crippen LogP) is 5.35. The topological polar surface area (TPSA) is 55.2 Å². The van der Waals surface area contributed by atoms with Gasteiger partial charge in [-0.25, -0.2) is 17.5 Å². The molecule has 2 aromatic carbocycles. The molecule has 178 valence electrons. The SMILES string of the molecule is CC12Cc3cnn(-c4ccc(F)cc4)c3C=C1CCN(S(=O)(=O)c1ccc(C(C)(C)C)cc1)C2. The second-order valence-electron chi connectivity index (χ2n) is 10.7. The summed E-state index contributed by atoms with van der Waals surface area (Å²) < 4.78 is 43.8. The maximum atomic E-state index is 13.5. The highest BCUT2D eigenvalue weighted by atomic mass is 32.2. The Morgan fingerprint density at radius 3 is 2.35 bits per heavy atom. The zero-order valence-corrected chi connectivity index (χ0v) is 20.9. The number of rotatable bonds is 3. The van der Waals surface area contributed by atoms with Crippen molar-refractivity contribution in [3.05, 3.63) is 82.9 Å². The van der Waals surface area contributed by atoms with Crippen LogP contribution >= 0.6 is 0 Å². The summed E-state index contributed by atoms with van der Waals surface area (Å²) in [6, 6.07) is 13.6. The minimum atomic E-state index is -3.58. The van der Waals surface area contributed by atoms with E-state index in [1.807, 2.05) is 23.0 Å². The van der Waals surface area contributed by atoms with Gasteiger partial charge in [0.15, 0.2) is 0 Å². The van der Waals surface area contributed by atoms with Gasteiger partial charge < -0.3 is 0 Å². The molecular formula is C27H30FN3O2S. The Morgan fingerprint density at radius 2 is 1.71 bits per heavy atom. The fourth-order valence-electron chi connectivity index (χ4n) is 5.07. The second-order valence-corrected chi connectivity index (χ2v) is 12.7. The van der Waals surface area contributed by atoms with Gasteiger partial charge in [-0.1, -0.05) is 45.4 Å². The van der Waals surface area contributed by atoms with Crippen molar-refractivity contribution in [1.82, 2.24) is 14.1 Å². The molecule has 0 bridgehead atoms. The number of halogens is 1. The van der Waals surface area contributed by atoms with Gasteiger partial charge in [-0.2, -0.15) is 9.40 Å². The van der Waals surface area contributed by atoms with Crippen molar-refractivity contribution in [2.75, 3.05) is 13.1 Å². The quantitative estimate of drug-likeness (QED) is 0.509. The third kappa shape index (κ3) is 3.91. The van der Waals surface area contributed by atoms with Gasteiger partial charge in [0.05, 0.1) is 22.5 Å². The third-order valence-electron chi connectivity index (χ3n) is 7.14. The number of nitrogens with zero attached hydrogens (tertiary/aromatic N) is 3. The van der Waals surface area contributed by atoms with Crippen molar-refractivity contribution in [1.29, 1.82) is 0 Å². The fraction of sp³-hybridized carbons (Fsp3) is 0.370. The average Bonchev–Trinajstić information content (AvgIpc) is 3.18. The average molecular weight is 480 g/mol. The number of hydrogen-bond acceptors (Lipinski definition) is 3. The van der Waals surface area contributed by atoms with E-state index in [0.717, 1.165) is 22.5 Å². The van der Waals surface area contributed by atoms with Crippen molar-refractivity contribution in [3.8, 4) is 5.69 Å². The van der Waals surface area contributed by atoms with E-state index in [2.05, 4.69) is 38.9 Å². The number of fused-ring (bicyclic) bond motifs is 2. The van der Waals surface area contributed by atoms with Gasteiger partial charge in [0.2, 0.25) is 10.0 Å². The molecule has 1 aromatic heterocycles. The lowest BCUT2D eigenvalue weighted by molar-refractivity contribution is 0.231. The molecule has 1 saturated heterocycles. The van der Waals surface area contributed by atoms with E-state index in [1.165, 1.54) is 17.7 Å². The van der Waals surface area contributed by atoms with Crippen LogP contribution in [-0.2, 0) is 21.9 Å². The van der Waals surface area contributed by atoms with Crippen LogP contribution in [0.2, 0.25) is 0 Å². The first kappa shape index (κ1) is 23.0. The van der Waals surface area contributed by atoms with Crippen LogP contribution in [0.3, 0.4) is 0 Å². The molecule has 1 fully saturated rings. The normalized spacial score (nSPS) is 21.0. The van der Waals surface area contributed by atoms with E-state index in [4.69, 9.17) is 0 Å². The van der Waals surface area contributed by atoms with Crippen molar-refractivity contribution >= 4 is 16.1 Å². The van der Waals surface area contributed by atoms with Crippen LogP contribution in [0.5, 0.6) is 0 Å². The standard InChI is InChI=1S/C27H30FN3O2S/c1-26(2,3)20-5-11-24(12-6-20)34(32,33)30-14-13-21-15-25-19(16-27(21,4)18-30)17-29-31(25)23-9-7-22(28)8-10-23/h5-12,15,17H,13-14,16,18H2,1-4H3. The maximum Gasteiger partial charge on any atom is 0.243 e. The molecule has 1 aliphatic heterocycles. The number of aromatic nitrogens is 2. The lowest BCUT2D eigenvalue weighted by Crippen LogP contribution is -2.47. The largest absolute Gasteiger partial charge is 0.243 e.